The van der Waals surface area contributed by atoms with E-state index in [-0.39, 0.29) is 0 Å². The van der Waals surface area contributed by atoms with E-state index in [9.17, 15) is 0 Å². The Balaban J connectivity index is 1.98. The summed E-state index contributed by atoms with van der Waals surface area (Å²) in [5, 5.41) is 0. The molecule has 178 valence electrons. The zero-order chi connectivity index (χ0) is 21.9. The van der Waals surface area contributed by atoms with Crippen molar-refractivity contribution in [2.24, 2.45) is 5.92 Å². The number of rotatable bonds is 21. The fourth-order valence-corrected chi connectivity index (χ4v) is 4.93. The maximum atomic E-state index is 2.62. The van der Waals surface area contributed by atoms with Gasteiger partial charge in [0.25, 0.3) is 0 Å². The molecule has 1 atom stereocenters. The van der Waals surface area contributed by atoms with Crippen LogP contribution in [0.4, 0.5) is 0 Å². The average molecular weight is 421 g/mol. The molecule has 0 saturated carbocycles. The van der Waals surface area contributed by atoms with Gasteiger partial charge in [-0.3, -0.25) is 0 Å². The molecule has 1 unspecified atom stereocenters. The monoisotopic (exact) mass is 420 g/mol. The third-order valence-electron chi connectivity index (χ3n) is 6.77. The highest BCUT2D eigenvalue weighted by Crippen LogP contribution is 2.24. The highest BCUT2D eigenvalue weighted by atomic mass is 15.4. The summed E-state index contributed by atoms with van der Waals surface area (Å²) in [4.78, 5) is 5.22. The third kappa shape index (κ3) is 12.9. The van der Waals surface area contributed by atoms with E-state index in [1.165, 1.54) is 129 Å². The minimum absolute atomic E-state index is 0.591. The van der Waals surface area contributed by atoms with Crippen LogP contribution in [-0.4, -0.2) is 29.1 Å². The van der Waals surface area contributed by atoms with E-state index in [2.05, 4.69) is 49.9 Å². The molecule has 1 aliphatic heterocycles. The summed E-state index contributed by atoms with van der Waals surface area (Å²) in [6.45, 7) is 11.8. The summed E-state index contributed by atoms with van der Waals surface area (Å²) in [6.07, 6.45) is 30.9. The summed E-state index contributed by atoms with van der Waals surface area (Å²) in [6, 6.07) is 0. The van der Waals surface area contributed by atoms with E-state index in [1.807, 2.05) is 0 Å². The van der Waals surface area contributed by atoms with Crippen molar-refractivity contribution >= 4 is 0 Å². The van der Waals surface area contributed by atoms with Gasteiger partial charge in [0, 0.05) is 25.5 Å². The fraction of sp³-hybridized carbons (Fsp3) is 0.929. The van der Waals surface area contributed by atoms with Crippen molar-refractivity contribution in [1.82, 2.24) is 9.80 Å². The Kier molecular flexibility index (Phi) is 17.4. The Bertz CT molecular complexity index is 390. The van der Waals surface area contributed by atoms with Gasteiger partial charge in [-0.25, -0.2) is 0 Å². The van der Waals surface area contributed by atoms with Crippen molar-refractivity contribution in [2.75, 3.05) is 13.1 Å². The lowest BCUT2D eigenvalue weighted by Crippen LogP contribution is -2.43. The Hall–Kier alpha value is -0.660. The Labute approximate surface area is 190 Å². The molecule has 1 heterocycles. The lowest BCUT2D eigenvalue weighted by Gasteiger charge is -2.36. The molecule has 30 heavy (non-hydrogen) atoms. The van der Waals surface area contributed by atoms with Crippen molar-refractivity contribution in [3.05, 3.63) is 12.4 Å². The van der Waals surface area contributed by atoms with Gasteiger partial charge in [0.05, 0.1) is 0 Å². The van der Waals surface area contributed by atoms with Gasteiger partial charge in [-0.2, -0.15) is 0 Å². The minimum atomic E-state index is 0.591. The number of hydrogen-bond acceptors (Lipinski definition) is 2. The molecule has 0 aromatic rings. The predicted octanol–water partition coefficient (Wildman–Crippen LogP) is 9.12. The Morgan fingerprint density at radius 2 is 0.800 bits per heavy atom. The van der Waals surface area contributed by atoms with Crippen LogP contribution in [0.2, 0.25) is 0 Å². The first-order valence-electron chi connectivity index (χ1n) is 13.9. The van der Waals surface area contributed by atoms with E-state index in [4.69, 9.17) is 0 Å². The van der Waals surface area contributed by atoms with Gasteiger partial charge in [-0.1, -0.05) is 130 Å². The lowest BCUT2D eigenvalue weighted by molar-refractivity contribution is 0.104. The molecule has 0 aliphatic carbocycles. The first kappa shape index (κ1) is 27.4. The van der Waals surface area contributed by atoms with E-state index in [1.54, 1.807) is 0 Å². The van der Waals surface area contributed by atoms with Gasteiger partial charge >= 0.3 is 0 Å². The molecule has 1 aliphatic rings. The first-order chi connectivity index (χ1) is 14.7. The Morgan fingerprint density at radius 1 is 0.500 bits per heavy atom. The van der Waals surface area contributed by atoms with Gasteiger partial charge in [-0.05, 0) is 18.8 Å². The fourth-order valence-electron chi connectivity index (χ4n) is 4.93. The van der Waals surface area contributed by atoms with Crippen LogP contribution in [-0.2, 0) is 0 Å². The van der Waals surface area contributed by atoms with Crippen molar-refractivity contribution in [3.8, 4) is 0 Å². The van der Waals surface area contributed by atoms with Crippen LogP contribution in [0.5, 0.6) is 0 Å². The zero-order valence-corrected chi connectivity index (χ0v) is 21.3. The molecule has 0 aromatic carbocycles. The summed E-state index contributed by atoms with van der Waals surface area (Å²) in [5.74, 6) is 0.692. The standard InChI is InChI=1S/C28H56N2/c1-5-7-9-11-12-13-14-15-16-17-18-19-20-22-24-30-26-25-29(28(30)27(3)4)23-21-10-8-6-2/h25-28H,5-24H2,1-4H3. The molecule has 0 N–H and O–H groups in total. The molecule has 0 spiro atoms. The Morgan fingerprint density at radius 3 is 1.13 bits per heavy atom. The smallest absolute Gasteiger partial charge is 0.103 e. The van der Waals surface area contributed by atoms with Crippen LogP contribution in [0.1, 0.15) is 143 Å². The second-order valence-electron chi connectivity index (χ2n) is 10.1. The second-order valence-corrected chi connectivity index (χ2v) is 10.1. The molecule has 0 bridgehead atoms. The largest absolute Gasteiger partial charge is 0.356 e. The van der Waals surface area contributed by atoms with Gasteiger partial charge in [0.1, 0.15) is 6.17 Å². The lowest BCUT2D eigenvalue weighted by atomic mass is 10.0. The maximum absolute atomic E-state index is 2.62. The third-order valence-corrected chi connectivity index (χ3v) is 6.77. The number of unbranched alkanes of at least 4 members (excludes halogenated alkanes) is 16. The summed E-state index contributed by atoms with van der Waals surface area (Å²) < 4.78 is 0. The number of nitrogens with zero attached hydrogens (tertiary/aromatic N) is 2. The molecular weight excluding hydrogens is 364 g/mol. The van der Waals surface area contributed by atoms with Crippen LogP contribution in [0.15, 0.2) is 12.4 Å². The first-order valence-corrected chi connectivity index (χ1v) is 13.9. The van der Waals surface area contributed by atoms with Crippen LogP contribution in [0.25, 0.3) is 0 Å². The molecule has 0 amide bonds. The molecule has 0 saturated heterocycles. The highest BCUT2D eigenvalue weighted by molar-refractivity contribution is 4.98. The van der Waals surface area contributed by atoms with Gasteiger partial charge in [-0.15, -0.1) is 0 Å². The van der Waals surface area contributed by atoms with Crippen molar-refractivity contribution < 1.29 is 0 Å². The highest BCUT2D eigenvalue weighted by Gasteiger charge is 2.28. The zero-order valence-electron chi connectivity index (χ0n) is 21.3. The predicted molar refractivity (Wildman–Crippen MR) is 136 cm³/mol. The van der Waals surface area contributed by atoms with E-state index in [0.29, 0.717) is 12.1 Å². The summed E-state index contributed by atoms with van der Waals surface area (Å²) in [5.41, 5.74) is 0. The number of hydrogen-bond donors (Lipinski definition) is 0. The molecule has 2 heteroatoms. The van der Waals surface area contributed by atoms with Crippen molar-refractivity contribution in [1.29, 1.82) is 0 Å². The van der Waals surface area contributed by atoms with Crippen molar-refractivity contribution in [2.45, 2.75) is 149 Å². The van der Waals surface area contributed by atoms with E-state index < -0.39 is 0 Å². The van der Waals surface area contributed by atoms with Crippen molar-refractivity contribution in [3.63, 3.8) is 0 Å². The SMILES string of the molecule is CCCCCCCCCCCCCCCCN1C=CN(CCCCCC)C1C(C)C. The van der Waals surface area contributed by atoms with Crippen LogP contribution in [0.3, 0.4) is 0 Å². The van der Waals surface area contributed by atoms with Crippen LogP contribution >= 0.6 is 0 Å². The molecule has 0 fully saturated rings. The molecule has 0 aromatic heterocycles. The van der Waals surface area contributed by atoms with Gasteiger partial charge in [0.2, 0.25) is 0 Å². The van der Waals surface area contributed by atoms with Gasteiger partial charge < -0.3 is 9.80 Å². The molecule has 2 nitrogen and oxygen atoms in total. The molecular formula is C28H56N2. The topological polar surface area (TPSA) is 6.48 Å². The maximum Gasteiger partial charge on any atom is 0.103 e. The van der Waals surface area contributed by atoms with Gasteiger partial charge in [0.15, 0.2) is 0 Å². The van der Waals surface area contributed by atoms with Crippen LogP contribution in [0, 0.1) is 5.92 Å². The molecule has 0 radical (unpaired) electrons. The minimum Gasteiger partial charge on any atom is -0.356 e. The quantitative estimate of drug-likeness (QED) is 0.171. The average Bonchev–Trinajstić information content (AvgIpc) is 3.14. The summed E-state index contributed by atoms with van der Waals surface area (Å²) >= 11 is 0. The second kappa shape index (κ2) is 19.1. The van der Waals surface area contributed by atoms with Crippen LogP contribution < -0.4 is 0 Å². The molecule has 1 rings (SSSR count). The van der Waals surface area contributed by atoms with E-state index in [0.717, 1.165) is 0 Å². The summed E-state index contributed by atoms with van der Waals surface area (Å²) in [7, 11) is 0. The van der Waals surface area contributed by atoms with E-state index >= 15 is 0 Å². The normalized spacial score (nSPS) is 16.4.